The molecule has 1 aliphatic carbocycles. The van der Waals surface area contributed by atoms with Gasteiger partial charge in [0.05, 0.1) is 0 Å². The van der Waals surface area contributed by atoms with Crippen LogP contribution in [0.3, 0.4) is 0 Å². The summed E-state index contributed by atoms with van der Waals surface area (Å²) in [4.78, 5) is 0. The van der Waals surface area contributed by atoms with Crippen LogP contribution in [0.5, 0.6) is 0 Å². The van der Waals surface area contributed by atoms with Crippen LogP contribution in [0.1, 0.15) is 12.8 Å². The second-order valence-corrected chi connectivity index (χ2v) is 3.24. The average molecular weight is 243 g/mol. The summed E-state index contributed by atoms with van der Waals surface area (Å²) < 4.78 is 1.59. The van der Waals surface area contributed by atoms with Crippen LogP contribution in [-0.4, -0.2) is 0 Å². The summed E-state index contributed by atoms with van der Waals surface area (Å²) in [6, 6.07) is 0. The molecule has 0 aromatic rings. The van der Waals surface area contributed by atoms with E-state index in [1.807, 2.05) is 0 Å². The molecule has 1 rings (SSSR count). The summed E-state index contributed by atoms with van der Waals surface area (Å²) >= 11 is 1.58. The molecule has 0 atom stereocenters. The molecule has 0 nitrogen and oxygen atoms in total. The number of hydrogen-bond donors (Lipinski definition) is 0. The minimum atomic E-state index is 0. The van der Waals surface area contributed by atoms with E-state index in [1.54, 1.807) is 28.0 Å². The predicted molar refractivity (Wildman–Crippen MR) is 41.0 cm³/mol. The van der Waals surface area contributed by atoms with Crippen molar-refractivity contribution in [3.8, 4) is 0 Å². The van der Waals surface area contributed by atoms with Crippen LogP contribution < -0.4 is 0 Å². The van der Waals surface area contributed by atoms with Gasteiger partial charge in [0.2, 0.25) is 0 Å². The van der Waals surface area contributed by atoms with Gasteiger partial charge in [0.15, 0.2) is 0 Å². The van der Waals surface area contributed by atoms with Crippen molar-refractivity contribution in [1.29, 1.82) is 0 Å². The van der Waals surface area contributed by atoms with Crippen LogP contribution in [0.15, 0.2) is 21.5 Å². The fourth-order valence-electron chi connectivity index (χ4n) is 0.603. The zero-order valence-electron chi connectivity index (χ0n) is 4.96. The van der Waals surface area contributed by atoms with Gasteiger partial charge < -0.3 is 0 Å². The molecule has 0 bridgehead atoms. The van der Waals surface area contributed by atoms with Crippen LogP contribution in [0.2, 0.25) is 0 Å². The maximum absolute atomic E-state index is 2.22. The molecule has 9 heavy (non-hydrogen) atoms. The van der Waals surface area contributed by atoms with E-state index in [-0.39, 0.29) is 24.8 Å². The van der Waals surface area contributed by atoms with E-state index in [2.05, 4.69) is 18.2 Å². The molecular formula is C6H9Cl2Zr. The van der Waals surface area contributed by atoms with Gasteiger partial charge in [0, 0.05) is 0 Å². The van der Waals surface area contributed by atoms with Crippen LogP contribution in [-0.2, 0) is 24.7 Å². The molecule has 0 saturated carbocycles. The predicted octanol–water partition coefficient (Wildman–Crippen LogP) is 2.61. The second-order valence-electron chi connectivity index (χ2n) is 1.66. The number of rotatable bonds is 0. The monoisotopic (exact) mass is 241 g/mol. The molecule has 0 aromatic heterocycles. The van der Waals surface area contributed by atoms with E-state index < -0.39 is 0 Å². The van der Waals surface area contributed by atoms with Crippen molar-refractivity contribution in [2.75, 3.05) is 0 Å². The van der Waals surface area contributed by atoms with Gasteiger partial charge in [0.1, 0.15) is 0 Å². The molecule has 0 aliphatic heterocycles. The summed E-state index contributed by atoms with van der Waals surface area (Å²) in [7, 11) is 0. The van der Waals surface area contributed by atoms with E-state index in [4.69, 9.17) is 0 Å². The van der Waals surface area contributed by atoms with Gasteiger partial charge in [-0.25, -0.2) is 0 Å². The van der Waals surface area contributed by atoms with Gasteiger partial charge in [-0.05, 0) is 0 Å². The minimum absolute atomic E-state index is 0. The molecule has 1 aliphatic rings. The van der Waals surface area contributed by atoms with Gasteiger partial charge in [-0.1, -0.05) is 0 Å². The fraction of sp³-hybridized carbons (Fsp3) is 0.333. The molecule has 0 aromatic carbocycles. The first-order chi connectivity index (χ1) is 3.39. The van der Waals surface area contributed by atoms with Gasteiger partial charge >= 0.3 is 59.1 Å². The molecule has 0 saturated heterocycles. The summed E-state index contributed by atoms with van der Waals surface area (Å²) in [5, 5.41) is 0. The number of hydrogen-bond acceptors (Lipinski definition) is 0. The SMILES string of the molecule is Cl.Cl.[Zr][C]1=CC=CCC1. The third-order valence-electron chi connectivity index (χ3n) is 1.01. The van der Waals surface area contributed by atoms with Crippen molar-refractivity contribution in [2.45, 2.75) is 12.8 Å². The van der Waals surface area contributed by atoms with Gasteiger partial charge in [-0.15, -0.1) is 24.8 Å². The fourth-order valence-corrected chi connectivity index (χ4v) is 1.19. The standard InChI is InChI=1S/C6H7.2ClH.Zr/c1-2-4-6-5-3-1;;;/h1-3H,4,6H2;2*1H;. The van der Waals surface area contributed by atoms with Crippen LogP contribution in [0.4, 0.5) is 0 Å². The molecule has 3 heteroatoms. The van der Waals surface area contributed by atoms with Gasteiger partial charge in [0.25, 0.3) is 0 Å². The van der Waals surface area contributed by atoms with Crippen molar-refractivity contribution in [1.82, 2.24) is 0 Å². The normalized spacial score (nSPS) is 14.8. The zero-order chi connectivity index (χ0) is 5.11. The van der Waals surface area contributed by atoms with E-state index in [0.29, 0.717) is 0 Å². The molecule has 0 fully saturated rings. The summed E-state index contributed by atoms with van der Waals surface area (Å²) in [5.74, 6) is 0. The summed E-state index contributed by atoms with van der Waals surface area (Å²) in [6.07, 6.45) is 9.13. The molecule has 0 unspecified atom stereocenters. The molecule has 0 amide bonds. The molecule has 0 heterocycles. The first-order valence-corrected chi connectivity index (χ1v) is 3.70. The summed E-state index contributed by atoms with van der Waals surface area (Å²) in [5.41, 5.74) is 0. The first-order valence-electron chi connectivity index (χ1n) is 2.47. The zero-order valence-corrected chi connectivity index (χ0v) is 9.05. The molecular weight excluding hydrogens is 234 g/mol. The third kappa shape index (κ3) is 5.39. The first kappa shape index (κ1) is 12.6. The van der Waals surface area contributed by atoms with Crippen molar-refractivity contribution < 1.29 is 24.7 Å². The third-order valence-corrected chi connectivity index (χ3v) is 2.04. The molecule has 0 spiro atoms. The van der Waals surface area contributed by atoms with Crippen LogP contribution in [0, 0.1) is 0 Å². The van der Waals surface area contributed by atoms with Gasteiger partial charge in [-0.2, -0.15) is 0 Å². The van der Waals surface area contributed by atoms with Crippen LogP contribution >= 0.6 is 24.8 Å². The number of halogens is 2. The Bertz CT molecular complexity index is 118. The molecule has 0 N–H and O–H groups in total. The van der Waals surface area contributed by atoms with E-state index >= 15 is 0 Å². The summed E-state index contributed by atoms with van der Waals surface area (Å²) in [6.45, 7) is 0. The quantitative estimate of drug-likeness (QED) is 0.613. The van der Waals surface area contributed by atoms with Crippen molar-refractivity contribution in [3.05, 3.63) is 21.5 Å². The Morgan fingerprint density at radius 3 is 2.22 bits per heavy atom. The Morgan fingerprint density at radius 1 is 1.33 bits per heavy atom. The Morgan fingerprint density at radius 2 is 2.00 bits per heavy atom. The van der Waals surface area contributed by atoms with Gasteiger partial charge in [-0.3, -0.25) is 0 Å². The Labute approximate surface area is 83.5 Å². The van der Waals surface area contributed by atoms with E-state index in [1.165, 1.54) is 12.8 Å². The molecule has 0 radical (unpaired) electrons. The van der Waals surface area contributed by atoms with E-state index in [9.17, 15) is 0 Å². The van der Waals surface area contributed by atoms with E-state index in [0.717, 1.165) is 0 Å². The number of allylic oxidation sites excluding steroid dienone is 4. The van der Waals surface area contributed by atoms with Crippen molar-refractivity contribution in [2.24, 2.45) is 0 Å². The Balaban J connectivity index is 0. The van der Waals surface area contributed by atoms with Crippen molar-refractivity contribution in [3.63, 3.8) is 0 Å². The Kier molecular flexibility index (Phi) is 9.88. The topological polar surface area (TPSA) is 0 Å². The molecule has 51 valence electrons. The average Bonchev–Trinajstić information content (AvgIpc) is 1.69. The van der Waals surface area contributed by atoms with Crippen LogP contribution in [0.25, 0.3) is 0 Å². The second kappa shape index (κ2) is 7.05. The van der Waals surface area contributed by atoms with Crippen molar-refractivity contribution >= 4 is 24.8 Å². The Hall–Kier alpha value is 0.943. The maximum atomic E-state index is 2.22.